The van der Waals surface area contributed by atoms with Crippen molar-refractivity contribution in [2.45, 2.75) is 70.4 Å². The van der Waals surface area contributed by atoms with Gasteiger partial charge in [-0.2, -0.15) is 0 Å². The molecule has 28 heavy (non-hydrogen) atoms. The molecule has 3 aliphatic rings. The van der Waals surface area contributed by atoms with E-state index in [1.807, 2.05) is 17.0 Å². The second-order valence-corrected chi connectivity index (χ2v) is 7.74. The van der Waals surface area contributed by atoms with Gasteiger partial charge in [-0.3, -0.25) is 9.79 Å². The predicted molar refractivity (Wildman–Crippen MR) is 121 cm³/mol. The molecular formula is C21H31IN4O2. The molecule has 1 amide bonds. The third-order valence-electron chi connectivity index (χ3n) is 5.78. The fraction of sp³-hybridized carbons (Fsp3) is 0.619. The molecular weight excluding hydrogens is 467 g/mol. The molecule has 0 radical (unpaired) electrons. The molecule has 0 aromatic heterocycles. The van der Waals surface area contributed by atoms with Crippen LogP contribution in [0, 0.1) is 0 Å². The lowest BCUT2D eigenvalue weighted by Gasteiger charge is -2.22. The quantitative estimate of drug-likeness (QED) is 0.274. The van der Waals surface area contributed by atoms with Gasteiger partial charge in [0.1, 0.15) is 0 Å². The maximum atomic E-state index is 12.5. The summed E-state index contributed by atoms with van der Waals surface area (Å²) in [5.74, 6) is 1.07. The van der Waals surface area contributed by atoms with Crippen LogP contribution in [0.3, 0.4) is 0 Å². The van der Waals surface area contributed by atoms with Crippen LogP contribution in [0.5, 0.6) is 0 Å². The van der Waals surface area contributed by atoms with Crippen molar-refractivity contribution in [2.24, 2.45) is 4.99 Å². The van der Waals surface area contributed by atoms with Crippen LogP contribution >= 0.6 is 24.0 Å². The van der Waals surface area contributed by atoms with Crippen molar-refractivity contribution in [2.75, 3.05) is 13.1 Å². The lowest BCUT2D eigenvalue weighted by atomic mass is 9.96. The first-order chi connectivity index (χ1) is 13.2. The highest BCUT2D eigenvalue weighted by molar-refractivity contribution is 14.0. The van der Waals surface area contributed by atoms with Gasteiger partial charge in [-0.1, -0.05) is 24.3 Å². The van der Waals surface area contributed by atoms with E-state index < -0.39 is 0 Å². The smallest absolute Gasteiger partial charge is 0.223 e. The topological polar surface area (TPSA) is 66.0 Å². The summed E-state index contributed by atoms with van der Waals surface area (Å²) in [5, 5.41) is 6.83. The van der Waals surface area contributed by atoms with Gasteiger partial charge >= 0.3 is 0 Å². The van der Waals surface area contributed by atoms with E-state index in [4.69, 9.17) is 4.74 Å². The van der Waals surface area contributed by atoms with Crippen molar-refractivity contribution in [1.29, 1.82) is 0 Å². The number of benzene rings is 1. The standard InChI is InChI=1S/C21H30N4O2.HI/c1-2-22-21(24-18-12-17-9-10-19(18)27-17)23-11-5-8-20(26)25-13-15-6-3-4-7-16(15)14-25;/h3-4,6-7,17-19H,2,5,8-14H2,1H3,(H2,22,23,24);1H. The molecule has 3 aliphatic heterocycles. The number of guanidine groups is 1. The van der Waals surface area contributed by atoms with Crippen LogP contribution in [0.15, 0.2) is 29.3 Å². The highest BCUT2D eigenvalue weighted by Crippen LogP contribution is 2.34. The predicted octanol–water partition coefficient (Wildman–Crippen LogP) is 2.80. The summed E-state index contributed by atoms with van der Waals surface area (Å²) in [6.45, 7) is 5.05. The van der Waals surface area contributed by atoms with Crippen LogP contribution < -0.4 is 10.6 Å². The molecule has 1 aromatic rings. The SMILES string of the molecule is CCNC(=NCCCC(=O)N1Cc2ccccc2C1)NC1CC2CCC1O2.I. The van der Waals surface area contributed by atoms with E-state index in [0.29, 0.717) is 31.2 Å². The van der Waals surface area contributed by atoms with Crippen LogP contribution in [-0.2, 0) is 22.6 Å². The zero-order valence-corrected chi connectivity index (χ0v) is 18.9. The van der Waals surface area contributed by atoms with Gasteiger partial charge in [0.15, 0.2) is 5.96 Å². The Bertz CT molecular complexity index is 686. The fourth-order valence-corrected chi connectivity index (χ4v) is 4.37. The lowest BCUT2D eigenvalue weighted by molar-refractivity contribution is -0.131. The van der Waals surface area contributed by atoms with E-state index in [2.05, 4.69) is 34.7 Å². The minimum atomic E-state index is 0. The molecule has 3 heterocycles. The minimum absolute atomic E-state index is 0. The molecule has 0 spiro atoms. The van der Waals surface area contributed by atoms with Crippen molar-refractivity contribution in [3.05, 3.63) is 35.4 Å². The molecule has 2 saturated heterocycles. The molecule has 0 saturated carbocycles. The average molecular weight is 498 g/mol. The molecule has 4 rings (SSSR count). The van der Waals surface area contributed by atoms with Gasteiger partial charge in [0.05, 0.1) is 18.2 Å². The fourth-order valence-electron chi connectivity index (χ4n) is 4.37. The van der Waals surface area contributed by atoms with Gasteiger partial charge in [-0.25, -0.2) is 0 Å². The van der Waals surface area contributed by atoms with E-state index in [1.165, 1.54) is 17.5 Å². The van der Waals surface area contributed by atoms with Crippen molar-refractivity contribution in [3.63, 3.8) is 0 Å². The van der Waals surface area contributed by atoms with Crippen LogP contribution in [0.2, 0.25) is 0 Å². The Kier molecular flexibility index (Phi) is 7.56. The number of amides is 1. The number of ether oxygens (including phenoxy) is 1. The summed E-state index contributed by atoms with van der Waals surface area (Å²) in [6.07, 6.45) is 5.50. The Morgan fingerprint density at radius 1 is 1.25 bits per heavy atom. The van der Waals surface area contributed by atoms with Gasteiger partial charge in [0.2, 0.25) is 5.91 Å². The number of halogens is 1. The van der Waals surface area contributed by atoms with Crippen LogP contribution in [0.1, 0.15) is 50.2 Å². The number of carbonyl (C=O) groups excluding carboxylic acids is 1. The highest BCUT2D eigenvalue weighted by atomic mass is 127. The van der Waals surface area contributed by atoms with Crippen molar-refractivity contribution in [3.8, 4) is 0 Å². The average Bonchev–Trinajstić information content (AvgIpc) is 3.39. The molecule has 2 bridgehead atoms. The first-order valence-electron chi connectivity index (χ1n) is 10.3. The van der Waals surface area contributed by atoms with E-state index in [-0.39, 0.29) is 29.9 Å². The van der Waals surface area contributed by atoms with Gasteiger partial charge in [0, 0.05) is 32.6 Å². The number of aliphatic imine (C=N–C) groups is 1. The normalized spacial score (nSPS) is 25.4. The molecule has 3 atom stereocenters. The van der Waals surface area contributed by atoms with E-state index in [0.717, 1.165) is 44.9 Å². The lowest BCUT2D eigenvalue weighted by Crippen LogP contribution is -2.47. The number of hydrogen-bond donors (Lipinski definition) is 2. The molecule has 2 N–H and O–H groups in total. The van der Waals surface area contributed by atoms with Crippen molar-refractivity contribution in [1.82, 2.24) is 15.5 Å². The molecule has 154 valence electrons. The maximum Gasteiger partial charge on any atom is 0.223 e. The van der Waals surface area contributed by atoms with E-state index in [1.54, 1.807) is 0 Å². The summed E-state index contributed by atoms with van der Waals surface area (Å²) < 4.78 is 5.91. The number of carbonyl (C=O) groups is 1. The van der Waals surface area contributed by atoms with E-state index >= 15 is 0 Å². The second kappa shape index (κ2) is 9.91. The van der Waals surface area contributed by atoms with E-state index in [9.17, 15) is 4.79 Å². The van der Waals surface area contributed by atoms with Gasteiger partial charge in [-0.15, -0.1) is 24.0 Å². The van der Waals surface area contributed by atoms with Gasteiger partial charge in [0.25, 0.3) is 0 Å². The molecule has 2 fully saturated rings. The minimum Gasteiger partial charge on any atom is -0.373 e. The summed E-state index contributed by atoms with van der Waals surface area (Å²) in [7, 11) is 0. The zero-order chi connectivity index (χ0) is 18.6. The molecule has 1 aromatic carbocycles. The molecule has 7 heteroatoms. The Morgan fingerprint density at radius 2 is 2.00 bits per heavy atom. The van der Waals surface area contributed by atoms with Crippen LogP contribution in [0.4, 0.5) is 0 Å². The second-order valence-electron chi connectivity index (χ2n) is 7.74. The number of nitrogens with one attached hydrogen (secondary N) is 2. The largest absolute Gasteiger partial charge is 0.373 e. The van der Waals surface area contributed by atoms with Crippen LogP contribution in [0.25, 0.3) is 0 Å². The van der Waals surface area contributed by atoms with Crippen molar-refractivity contribution < 1.29 is 9.53 Å². The van der Waals surface area contributed by atoms with Crippen molar-refractivity contribution >= 4 is 35.8 Å². The Balaban J connectivity index is 0.00000225. The summed E-state index contributed by atoms with van der Waals surface area (Å²) in [6, 6.07) is 8.67. The Labute approximate surface area is 184 Å². The number of fused-ring (bicyclic) bond motifs is 3. The van der Waals surface area contributed by atoms with Gasteiger partial charge in [-0.05, 0) is 43.7 Å². The molecule has 0 aliphatic carbocycles. The highest BCUT2D eigenvalue weighted by Gasteiger charge is 2.41. The Morgan fingerprint density at radius 3 is 2.61 bits per heavy atom. The van der Waals surface area contributed by atoms with Crippen LogP contribution in [-0.4, -0.2) is 48.1 Å². The monoisotopic (exact) mass is 498 g/mol. The summed E-state index contributed by atoms with van der Waals surface area (Å²) in [4.78, 5) is 19.1. The third-order valence-corrected chi connectivity index (χ3v) is 5.78. The zero-order valence-electron chi connectivity index (χ0n) is 16.5. The maximum absolute atomic E-state index is 12.5. The summed E-state index contributed by atoms with van der Waals surface area (Å²) in [5.41, 5.74) is 2.55. The third kappa shape index (κ3) is 4.97. The molecule has 6 nitrogen and oxygen atoms in total. The van der Waals surface area contributed by atoms with Gasteiger partial charge < -0.3 is 20.3 Å². The molecule has 3 unspecified atom stereocenters. The first kappa shape index (κ1) is 21.4. The number of rotatable bonds is 6. The number of hydrogen-bond acceptors (Lipinski definition) is 3. The number of nitrogens with zero attached hydrogens (tertiary/aromatic N) is 2. The Hall–Kier alpha value is -1.35. The summed E-state index contributed by atoms with van der Waals surface area (Å²) >= 11 is 0. The first-order valence-corrected chi connectivity index (χ1v) is 10.3.